The average molecular weight is 286 g/mol. The second-order valence-electron chi connectivity index (χ2n) is 5.41. The van der Waals surface area contributed by atoms with E-state index < -0.39 is 5.97 Å². The summed E-state index contributed by atoms with van der Waals surface area (Å²) in [5.74, 6) is 0.733. The number of fused-ring (bicyclic) bond motifs is 1. The van der Waals surface area contributed by atoms with Crippen LogP contribution in [0.2, 0.25) is 0 Å². The van der Waals surface area contributed by atoms with Crippen molar-refractivity contribution in [2.45, 2.75) is 25.7 Å². The Labute approximate surface area is 123 Å². The minimum atomic E-state index is -0.716. The van der Waals surface area contributed by atoms with Gasteiger partial charge >= 0.3 is 5.97 Å². The van der Waals surface area contributed by atoms with Crippen molar-refractivity contribution in [1.29, 1.82) is 0 Å². The summed E-state index contributed by atoms with van der Waals surface area (Å²) in [6, 6.07) is 7.89. The molecule has 0 amide bonds. The zero-order valence-corrected chi connectivity index (χ0v) is 11.9. The van der Waals surface area contributed by atoms with E-state index in [-0.39, 0.29) is 5.92 Å². The number of nitrogens with one attached hydrogen (secondary N) is 1. The number of ether oxygens (including phenoxy) is 1. The van der Waals surface area contributed by atoms with E-state index in [1.54, 1.807) is 7.11 Å². The molecule has 1 aliphatic rings. The Morgan fingerprint density at radius 2 is 2.19 bits per heavy atom. The first kappa shape index (κ1) is 13.7. The molecule has 5 nitrogen and oxygen atoms in total. The Kier molecular flexibility index (Phi) is 3.64. The highest BCUT2D eigenvalue weighted by molar-refractivity contribution is 5.70. The summed E-state index contributed by atoms with van der Waals surface area (Å²) >= 11 is 0. The van der Waals surface area contributed by atoms with Crippen LogP contribution in [-0.4, -0.2) is 28.2 Å². The minimum Gasteiger partial charge on any atom is -0.497 e. The Balaban J connectivity index is 1.74. The van der Waals surface area contributed by atoms with Crippen LogP contribution in [0.3, 0.4) is 0 Å². The number of H-pyrrole nitrogens is 1. The number of hydrogen-bond acceptors (Lipinski definition) is 3. The topological polar surface area (TPSA) is 75.2 Å². The van der Waals surface area contributed by atoms with Crippen molar-refractivity contribution in [3.8, 4) is 5.75 Å². The van der Waals surface area contributed by atoms with Gasteiger partial charge in [0.25, 0.3) is 0 Å². The summed E-state index contributed by atoms with van der Waals surface area (Å²) in [5, 5.41) is 9.11. The van der Waals surface area contributed by atoms with Crippen molar-refractivity contribution < 1.29 is 14.6 Å². The largest absolute Gasteiger partial charge is 0.497 e. The Morgan fingerprint density at radius 3 is 2.86 bits per heavy atom. The zero-order valence-electron chi connectivity index (χ0n) is 11.9. The summed E-state index contributed by atoms with van der Waals surface area (Å²) in [4.78, 5) is 19.0. The van der Waals surface area contributed by atoms with Gasteiger partial charge in [-0.15, -0.1) is 0 Å². The first-order valence-electron chi connectivity index (χ1n) is 7.08. The van der Waals surface area contributed by atoms with Gasteiger partial charge in [0.1, 0.15) is 11.6 Å². The molecule has 1 aliphatic carbocycles. The number of aryl methyl sites for hydroxylation is 1. The average Bonchev–Trinajstić information content (AvgIpc) is 2.89. The molecule has 1 atom stereocenters. The van der Waals surface area contributed by atoms with Gasteiger partial charge in [-0.1, -0.05) is 12.1 Å². The van der Waals surface area contributed by atoms with Gasteiger partial charge in [0, 0.05) is 18.5 Å². The lowest BCUT2D eigenvalue weighted by atomic mass is 9.90. The van der Waals surface area contributed by atoms with Crippen LogP contribution in [0.25, 0.3) is 0 Å². The molecule has 0 fully saturated rings. The lowest BCUT2D eigenvalue weighted by Gasteiger charge is -2.16. The van der Waals surface area contributed by atoms with Gasteiger partial charge in [0.15, 0.2) is 0 Å². The monoisotopic (exact) mass is 286 g/mol. The van der Waals surface area contributed by atoms with Gasteiger partial charge in [-0.3, -0.25) is 4.79 Å². The lowest BCUT2D eigenvalue weighted by molar-refractivity contribution is -0.142. The fourth-order valence-electron chi connectivity index (χ4n) is 2.77. The van der Waals surface area contributed by atoms with E-state index in [2.05, 4.69) is 9.97 Å². The van der Waals surface area contributed by atoms with Gasteiger partial charge in [-0.2, -0.15) is 0 Å². The number of benzene rings is 1. The molecule has 110 valence electrons. The maximum Gasteiger partial charge on any atom is 0.306 e. The van der Waals surface area contributed by atoms with Crippen LogP contribution in [0.5, 0.6) is 5.75 Å². The summed E-state index contributed by atoms with van der Waals surface area (Å²) in [7, 11) is 1.65. The second kappa shape index (κ2) is 5.60. The highest BCUT2D eigenvalue weighted by Gasteiger charge is 2.26. The smallest absolute Gasteiger partial charge is 0.306 e. The molecule has 1 aromatic heterocycles. The van der Waals surface area contributed by atoms with Crippen molar-refractivity contribution in [1.82, 2.24) is 9.97 Å². The van der Waals surface area contributed by atoms with E-state index in [1.807, 2.05) is 24.3 Å². The van der Waals surface area contributed by atoms with E-state index >= 15 is 0 Å². The number of methoxy groups -OCH3 is 1. The standard InChI is InChI=1S/C16H18N2O3/c1-21-12-5-2-10(3-6-12)8-15-17-13-7-4-11(16(19)20)9-14(13)18-15/h2-3,5-6,11H,4,7-9H2,1H3,(H,17,18)(H,19,20). The Hall–Kier alpha value is -2.30. The molecular weight excluding hydrogens is 268 g/mol. The Bertz CT molecular complexity index is 646. The quantitative estimate of drug-likeness (QED) is 0.903. The number of hydrogen-bond donors (Lipinski definition) is 2. The predicted molar refractivity (Wildman–Crippen MR) is 77.5 cm³/mol. The number of aromatic amines is 1. The van der Waals surface area contributed by atoms with Crippen LogP contribution < -0.4 is 4.74 Å². The van der Waals surface area contributed by atoms with E-state index in [4.69, 9.17) is 9.84 Å². The number of carboxylic acids is 1. The SMILES string of the molecule is COc1ccc(Cc2nc3c([nH]2)CC(C(=O)O)CC3)cc1. The third-order valence-electron chi connectivity index (χ3n) is 3.97. The van der Waals surface area contributed by atoms with Crippen LogP contribution in [-0.2, 0) is 24.1 Å². The first-order valence-corrected chi connectivity index (χ1v) is 7.08. The number of nitrogens with zero attached hydrogens (tertiary/aromatic N) is 1. The van der Waals surface area contributed by atoms with Gasteiger partial charge in [0.2, 0.25) is 0 Å². The molecule has 2 N–H and O–H groups in total. The maximum absolute atomic E-state index is 11.1. The number of imidazole rings is 1. The van der Waals surface area contributed by atoms with E-state index in [9.17, 15) is 4.79 Å². The molecule has 0 spiro atoms. The van der Waals surface area contributed by atoms with Gasteiger partial charge in [0.05, 0.1) is 18.7 Å². The predicted octanol–water partition coefficient (Wildman–Crippen LogP) is 2.20. The molecule has 2 aromatic rings. The normalized spacial score (nSPS) is 17.3. The fraction of sp³-hybridized carbons (Fsp3) is 0.375. The molecule has 3 rings (SSSR count). The molecule has 1 aromatic carbocycles. The third kappa shape index (κ3) is 2.91. The number of carboxylic acid groups (broad SMARTS) is 1. The molecule has 0 saturated heterocycles. The number of aromatic nitrogens is 2. The molecule has 1 heterocycles. The van der Waals surface area contributed by atoms with Crippen molar-refractivity contribution in [3.05, 3.63) is 47.0 Å². The van der Waals surface area contributed by atoms with Crippen LogP contribution >= 0.6 is 0 Å². The summed E-state index contributed by atoms with van der Waals surface area (Å²) in [6.45, 7) is 0. The Morgan fingerprint density at radius 1 is 1.43 bits per heavy atom. The van der Waals surface area contributed by atoms with Crippen LogP contribution in [0.4, 0.5) is 0 Å². The second-order valence-corrected chi connectivity index (χ2v) is 5.41. The first-order chi connectivity index (χ1) is 10.2. The molecule has 0 saturated carbocycles. The van der Waals surface area contributed by atoms with Gasteiger partial charge in [-0.25, -0.2) is 4.98 Å². The fourth-order valence-corrected chi connectivity index (χ4v) is 2.77. The van der Waals surface area contributed by atoms with E-state index in [0.29, 0.717) is 19.3 Å². The minimum absolute atomic E-state index is 0.285. The third-order valence-corrected chi connectivity index (χ3v) is 3.97. The lowest BCUT2D eigenvalue weighted by Crippen LogP contribution is -2.22. The van der Waals surface area contributed by atoms with Crippen molar-refractivity contribution in [2.24, 2.45) is 5.92 Å². The maximum atomic E-state index is 11.1. The van der Waals surface area contributed by atoms with E-state index in [1.165, 1.54) is 0 Å². The number of carbonyl (C=O) groups is 1. The molecule has 21 heavy (non-hydrogen) atoms. The molecule has 0 radical (unpaired) electrons. The van der Waals surface area contributed by atoms with Crippen LogP contribution in [0.1, 0.15) is 29.2 Å². The van der Waals surface area contributed by atoms with Crippen molar-refractivity contribution in [3.63, 3.8) is 0 Å². The van der Waals surface area contributed by atoms with Crippen LogP contribution in [0, 0.1) is 5.92 Å². The van der Waals surface area contributed by atoms with Crippen molar-refractivity contribution in [2.75, 3.05) is 7.11 Å². The molecular formula is C16H18N2O3. The van der Waals surface area contributed by atoms with E-state index in [0.717, 1.165) is 34.9 Å². The highest BCUT2D eigenvalue weighted by Crippen LogP contribution is 2.25. The molecule has 5 heteroatoms. The summed E-state index contributed by atoms with van der Waals surface area (Å²) in [5.41, 5.74) is 3.16. The van der Waals surface area contributed by atoms with Crippen LogP contribution in [0.15, 0.2) is 24.3 Å². The van der Waals surface area contributed by atoms with Crippen molar-refractivity contribution >= 4 is 5.97 Å². The molecule has 0 aliphatic heterocycles. The highest BCUT2D eigenvalue weighted by atomic mass is 16.5. The van der Waals surface area contributed by atoms with Gasteiger partial charge in [-0.05, 0) is 30.5 Å². The zero-order chi connectivity index (χ0) is 14.8. The summed E-state index contributed by atoms with van der Waals surface area (Å²) in [6.07, 6.45) is 2.69. The molecule has 1 unspecified atom stereocenters. The number of aliphatic carboxylic acids is 1. The molecule has 0 bridgehead atoms. The van der Waals surface area contributed by atoms with Gasteiger partial charge < -0.3 is 14.8 Å². The summed E-state index contributed by atoms with van der Waals surface area (Å²) < 4.78 is 5.14. The number of rotatable bonds is 4.